The van der Waals surface area contributed by atoms with E-state index in [9.17, 15) is 8.42 Å². The topological polar surface area (TPSA) is 143 Å². The fourth-order valence-corrected chi connectivity index (χ4v) is 2.21. The molecule has 0 aliphatic carbocycles. The van der Waals surface area contributed by atoms with E-state index in [2.05, 4.69) is 14.6 Å². The maximum atomic E-state index is 10.7. The predicted molar refractivity (Wildman–Crippen MR) is 67.7 cm³/mol. The highest BCUT2D eigenvalue weighted by molar-refractivity contribution is 7.80. The summed E-state index contributed by atoms with van der Waals surface area (Å²) in [6.45, 7) is 0.706. The van der Waals surface area contributed by atoms with Crippen molar-refractivity contribution < 1.29 is 17.3 Å². The number of nitrogens with two attached hydrogens (primary N) is 2. The van der Waals surface area contributed by atoms with Gasteiger partial charge < -0.3 is 16.8 Å². The minimum Gasteiger partial charge on any atom is -0.368 e. The molecule has 2 atom stereocenters. The molecule has 0 fully saturated rings. The highest BCUT2D eigenvalue weighted by atomic mass is 32.3. The minimum absolute atomic E-state index is 0.0394. The van der Waals surface area contributed by atoms with Crippen LogP contribution in [0, 0.1) is 0 Å². The maximum absolute atomic E-state index is 10.7. The van der Waals surface area contributed by atoms with Crippen molar-refractivity contribution in [1.29, 1.82) is 0 Å². The molecule has 10 heteroatoms. The van der Waals surface area contributed by atoms with Crippen LogP contribution in [0.2, 0.25) is 0 Å². The molecule has 0 aromatic rings. The van der Waals surface area contributed by atoms with Gasteiger partial charge in [-0.05, 0) is 12.5 Å². The van der Waals surface area contributed by atoms with E-state index < -0.39 is 16.6 Å². The van der Waals surface area contributed by atoms with Crippen LogP contribution in [0.3, 0.4) is 0 Å². The number of hydrogen-bond acceptors (Lipinski definition) is 8. The molecule has 0 aromatic carbocycles. The third-order valence-electron chi connectivity index (χ3n) is 2.63. The van der Waals surface area contributed by atoms with Gasteiger partial charge in [0, 0.05) is 6.54 Å². The quantitative estimate of drug-likeness (QED) is 0.361. The van der Waals surface area contributed by atoms with Gasteiger partial charge in [0.25, 0.3) is 0 Å². The molecule has 0 spiro atoms. The number of nitrogens with one attached hydrogen (secondary N) is 1. The summed E-state index contributed by atoms with van der Waals surface area (Å²) in [5.41, 5.74) is 11.9. The van der Waals surface area contributed by atoms with Crippen LogP contribution in [-0.4, -0.2) is 42.7 Å². The SMILES string of the molecule is NC1=NC(C2CC=CCN2)=CC(N)N1OS(=O)(=O)O. The first kappa shape index (κ1) is 14.0. The van der Waals surface area contributed by atoms with Gasteiger partial charge in [-0.1, -0.05) is 12.2 Å². The smallest absolute Gasteiger partial charge is 0.368 e. The Labute approximate surface area is 110 Å². The Morgan fingerprint density at radius 3 is 2.79 bits per heavy atom. The Morgan fingerprint density at radius 2 is 2.26 bits per heavy atom. The van der Waals surface area contributed by atoms with E-state index in [-0.39, 0.29) is 12.0 Å². The fraction of sp³-hybridized carbons (Fsp3) is 0.444. The van der Waals surface area contributed by atoms with Crippen molar-refractivity contribution in [2.75, 3.05) is 6.54 Å². The zero-order valence-electron chi connectivity index (χ0n) is 9.93. The van der Waals surface area contributed by atoms with Crippen LogP contribution in [0.4, 0.5) is 0 Å². The molecule has 2 aliphatic heterocycles. The second-order valence-corrected chi connectivity index (χ2v) is 5.05. The van der Waals surface area contributed by atoms with Gasteiger partial charge in [0.1, 0.15) is 6.17 Å². The molecule has 2 aliphatic rings. The van der Waals surface area contributed by atoms with Gasteiger partial charge in [0.2, 0.25) is 5.96 Å². The monoisotopic (exact) mass is 289 g/mol. The van der Waals surface area contributed by atoms with Gasteiger partial charge in [-0.25, -0.2) is 4.99 Å². The molecule has 2 unspecified atom stereocenters. The summed E-state index contributed by atoms with van der Waals surface area (Å²) in [6, 6.07) is -0.0394. The normalized spacial score (nSPS) is 28.0. The number of guanidine groups is 1. The average molecular weight is 289 g/mol. The van der Waals surface area contributed by atoms with Gasteiger partial charge in [-0.3, -0.25) is 4.55 Å². The summed E-state index contributed by atoms with van der Waals surface area (Å²) >= 11 is 0. The second kappa shape index (κ2) is 5.27. The fourth-order valence-electron chi connectivity index (χ4n) is 1.83. The Morgan fingerprint density at radius 1 is 1.53 bits per heavy atom. The third-order valence-corrected chi connectivity index (χ3v) is 2.98. The largest absolute Gasteiger partial charge is 0.418 e. The van der Waals surface area contributed by atoms with Crippen molar-refractivity contribution in [3.05, 3.63) is 23.9 Å². The van der Waals surface area contributed by atoms with E-state index >= 15 is 0 Å². The Hall–Kier alpha value is -1.46. The van der Waals surface area contributed by atoms with Crippen LogP contribution in [0.15, 0.2) is 28.9 Å². The lowest BCUT2D eigenvalue weighted by molar-refractivity contribution is -0.0123. The highest BCUT2D eigenvalue weighted by Gasteiger charge is 2.28. The lowest BCUT2D eigenvalue weighted by Gasteiger charge is -2.30. The van der Waals surface area contributed by atoms with E-state index in [1.165, 1.54) is 6.08 Å². The summed E-state index contributed by atoms with van der Waals surface area (Å²) in [4.78, 5) is 4.03. The molecule has 0 saturated heterocycles. The van der Waals surface area contributed by atoms with Crippen LogP contribution in [-0.2, 0) is 14.7 Å². The lowest BCUT2D eigenvalue weighted by atomic mass is 10.1. The van der Waals surface area contributed by atoms with Crippen molar-refractivity contribution >= 4 is 16.4 Å². The standard InChI is InChI=1S/C9H15N5O4S/c10-8-5-7(6-3-1-2-4-12-6)13-9(11)14(8)18-19(15,16)17/h1-2,5-6,8,12H,3-4,10H2,(H2,11,13)(H,15,16,17). The molecule has 9 nitrogen and oxygen atoms in total. The van der Waals surface area contributed by atoms with Crippen LogP contribution < -0.4 is 16.8 Å². The van der Waals surface area contributed by atoms with Gasteiger partial charge in [0.05, 0.1) is 11.7 Å². The zero-order chi connectivity index (χ0) is 14.0. The number of hydroxylamine groups is 2. The molecule has 2 rings (SSSR count). The average Bonchev–Trinajstić information content (AvgIpc) is 2.33. The summed E-state index contributed by atoms with van der Waals surface area (Å²) in [5, 5.41) is 3.82. The van der Waals surface area contributed by atoms with Crippen molar-refractivity contribution in [3.8, 4) is 0 Å². The molecule has 6 N–H and O–H groups in total. The third kappa shape index (κ3) is 3.52. The van der Waals surface area contributed by atoms with Gasteiger partial charge in [0.15, 0.2) is 0 Å². The predicted octanol–water partition coefficient (Wildman–Crippen LogP) is -1.56. The van der Waals surface area contributed by atoms with E-state index in [1.807, 2.05) is 12.2 Å². The second-order valence-electron chi connectivity index (χ2n) is 4.05. The molecule has 0 radical (unpaired) electrons. The molecule has 19 heavy (non-hydrogen) atoms. The molecule has 0 bridgehead atoms. The zero-order valence-corrected chi connectivity index (χ0v) is 10.7. The van der Waals surface area contributed by atoms with Crippen molar-refractivity contribution in [2.24, 2.45) is 16.5 Å². The molecule has 0 aromatic heterocycles. The van der Waals surface area contributed by atoms with Crippen LogP contribution in [0.25, 0.3) is 0 Å². The minimum atomic E-state index is -4.70. The van der Waals surface area contributed by atoms with Crippen molar-refractivity contribution in [1.82, 2.24) is 10.4 Å². The first-order valence-corrected chi connectivity index (χ1v) is 6.89. The van der Waals surface area contributed by atoms with Gasteiger partial charge in [-0.2, -0.15) is 13.5 Å². The van der Waals surface area contributed by atoms with Crippen LogP contribution in [0.5, 0.6) is 0 Å². The number of hydrogen-bond donors (Lipinski definition) is 4. The van der Waals surface area contributed by atoms with E-state index in [4.69, 9.17) is 16.0 Å². The lowest BCUT2D eigenvalue weighted by Crippen LogP contribution is -2.52. The highest BCUT2D eigenvalue weighted by Crippen LogP contribution is 2.18. The number of nitrogens with zero attached hydrogens (tertiary/aromatic N) is 2. The van der Waals surface area contributed by atoms with Crippen LogP contribution in [0.1, 0.15) is 6.42 Å². The number of rotatable bonds is 3. The first-order chi connectivity index (χ1) is 8.87. The van der Waals surface area contributed by atoms with Crippen molar-refractivity contribution in [2.45, 2.75) is 18.6 Å². The van der Waals surface area contributed by atoms with E-state index in [0.717, 1.165) is 6.42 Å². The Bertz CT molecular complexity index is 541. The molecule has 0 saturated carbocycles. The Balaban J connectivity index is 2.15. The van der Waals surface area contributed by atoms with E-state index in [0.29, 0.717) is 17.3 Å². The summed E-state index contributed by atoms with van der Waals surface area (Å²) in [5.74, 6) is -0.237. The molecular weight excluding hydrogens is 274 g/mol. The summed E-state index contributed by atoms with van der Waals surface area (Å²) in [7, 11) is -4.70. The molecule has 2 heterocycles. The molecule has 106 valence electrons. The van der Waals surface area contributed by atoms with E-state index in [1.54, 1.807) is 0 Å². The molecular formula is C9H15N5O4S. The summed E-state index contributed by atoms with van der Waals surface area (Å²) < 4.78 is 34.2. The maximum Gasteiger partial charge on any atom is 0.418 e. The number of aliphatic imine (C=N–C) groups is 1. The van der Waals surface area contributed by atoms with Gasteiger partial charge >= 0.3 is 10.4 Å². The van der Waals surface area contributed by atoms with Crippen molar-refractivity contribution in [3.63, 3.8) is 0 Å². The first-order valence-electron chi connectivity index (χ1n) is 5.53. The van der Waals surface area contributed by atoms with Crippen LogP contribution >= 0.6 is 0 Å². The summed E-state index contributed by atoms with van der Waals surface area (Å²) in [6.07, 6.45) is 5.27. The van der Waals surface area contributed by atoms with Gasteiger partial charge in [-0.15, -0.1) is 4.28 Å². The molecule has 0 amide bonds. The Kier molecular flexibility index (Phi) is 3.87.